The molecule has 2 rings (SSSR count). The van der Waals surface area contributed by atoms with Crippen LogP contribution in [0.2, 0.25) is 5.02 Å². The van der Waals surface area contributed by atoms with Crippen LogP contribution < -0.4 is 5.32 Å². The van der Waals surface area contributed by atoms with E-state index in [-0.39, 0.29) is 12.4 Å². The molecular weight excluding hydrogens is 347 g/mol. The van der Waals surface area contributed by atoms with Gasteiger partial charge in [0, 0.05) is 16.0 Å². The van der Waals surface area contributed by atoms with Crippen LogP contribution in [0.15, 0.2) is 22.7 Å². The molecule has 1 N–H and O–H groups in total. The number of rotatable bonds is 4. The van der Waals surface area contributed by atoms with Gasteiger partial charge in [0.15, 0.2) is 0 Å². The van der Waals surface area contributed by atoms with Crippen LogP contribution in [0.3, 0.4) is 0 Å². The highest BCUT2D eigenvalue weighted by Gasteiger charge is 2.19. The zero-order valence-corrected chi connectivity index (χ0v) is 14.3. The summed E-state index contributed by atoms with van der Waals surface area (Å²) in [5, 5.41) is 4.14. The first-order chi connectivity index (χ1) is 8.69. The highest BCUT2D eigenvalue weighted by atomic mass is 79.9. The van der Waals surface area contributed by atoms with E-state index in [1.807, 2.05) is 19.2 Å². The number of piperidine rings is 1. The van der Waals surface area contributed by atoms with Gasteiger partial charge in [-0.15, -0.1) is 12.4 Å². The number of likely N-dealkylation sites (tertiary alicyclic amines) is 1. The van der Waals surface area contributed by atoms with Gasteiger partial charge in [0.25, 0.3) is 0 Å². The van der Waals surface area contributed by atoms with Gasteiger partial charge in [-0.05, 0) is 69.2 Å². The second-order valence-corrected chi connectivity index (χ2v) is 6.34. The van der Waals surface area contributed by atoms with Gasteiger partial charge < -0.3 is 5.32 Å². The number of halogens is 3. The number of nitrogens with zero attached hydrogens (tertiary/aromatic N) is 1. The molecule has 0 aliphatic carbocycles. The molecule has 19 heavy (non-hydrogen) atoms. The maximum atomic E-state index is 6.24. The lowest BCUT2D eigenvalue weighted by Crippen LogP contribution is -2.36. The largest absolute Gasteiger partial charge is 0.319 e. The molecular formula is C14H21BrCl2N2. The Hall–Kier alpha value is 0.200. The number of nitrogens with one attached hydrogen (secondary N) is 1. The molecule has 0 atom stereocenters. The smallest absolute Gasteiger partial charge is 0.0451 e. The van der Waals surface area contributed by atoms with Gasteiger partial charge in [0.1, 0.15) is 0 Å². The topological polar surface area (TPSA) is 15.3 Å². The molecule has 1 aromatic rings. The van der Waals surface area contributed by atoms with E-state index in [4.69, 9.17) is 11.6 Å². The Morgan fingerprint density at radius 3 is 2.68 bits per heavy atom. The standard InChI is InChI=1S/C14H20BrClN2.ClH/c1-17-9-11-4-6-18(7-5-11)10-12-8-13(15)2-3-14(12)16;/h2-3,8,11,17H,4-7,9-10H2,1H3;1H. The summed E-state index contributed by atoms with van der Waals surface area (Å²) < 4.78 is 1.10. The minimum atomic E-state index is 0. The van der Waals surface area contributed by atoms with Crippen LogP contribution in [0.25, 0.3) is 0 Å². The van der Waals surface area contributed by atoms with Gasteiger partial charge in [-0.25, -0.2) is 0 Å². The Balaban J connectivity index is 0.00000180. The minimum absolute atomic E-state index is 0. The van der Waals surface area contributed by atoms with Crippen LogP contribution in [0.1, 0.15) is 18.4 Å². The van der Waals surface area contributed by atoms with Gasteiger partial charge in [-0.3, -0.25) is 4.90 Å². The molecule has 108 valence electrons. The normalized spacial score (nSPS) is 17.2. The van der Waals surface area contributed by atoms with Crippen molar-refractivity contribution in [3.8, 4) is 0 Å². The first-order valence-electron chi connectivity index (χ1n) is 6.50. The number of benzene rings is 1. The second-order valence-electron chi connectivity index (χ2n) is 5.01. The van der Waals surface area contributed by atoms with Crippen molar-refractivity contribution in [3.05, 3.63) is 33.3 Å². The molecule has 0 saturated carbocycles. The van der Waals surface area contributed by atoms with Gasteiger partial charge in [-0.1, -0.05) is 27.5 Å². The van der Waals surface area contributed by atoms with Gasteiger partial charge >= 0.3 is 0 Å². The quantitative estimate of drug-likeness (QED) is 0.866. The van der Waals surface area contributed by atoms with E-state index in [0.717, 1.165) is 28.5 Å². The molecule has 1 aliphatic heterocycles. The van der Waals surface area contributed by atoms with E-state index in [1.54, 1.807) is 0 Å². The predicted molar refractivity (Wildman–Crippen MR) is 88.3 cm³/mol. The third-order valence-electron chi connectivity index (χ3n) is 3.60. The van der Waals surface area contributed by atoms with E-state index >= 15 is 0 Å². The second kappa shape index (κ2) is 8.48. The van der Waals surface area contributed by atoms with Crippen LogP contribution in [0, 0.1) is 5.92 Å². The zero-order valence-electron chi connectivity index (χ0n) is 11.2. The predicted octanol–water partition coefficient (Wildman–Crippen LogP) is 3.96. The molecule has 0 unspecified atom stereocenters. The molecule has 2 nitrogen and oxygen atoms in total. The van der Waals surface area contributed by atoms with Crippen LogP contribution in [0.4, 0.5) is 0 Å². The van der Waals surface area contributed by atoms with E-state index in [2.05, 4.69) is 32.2 Å². The maximum absolute atomic E-state index is 6.24. The van der Waals surface area contributed by atoms with Crippen molar-refractivity contribution in [3.63, 3.8) is 0 Å². The van der Waals surface area contributed by atoms with Gasteiger partial charge in [0.05, 0.1) is 0 Å². The summed E-state index contributed by atoms with van der Waals surface area (Å²) in [6.45, 7) is 4.46. The van der Waals surface area contributed by atoms with Crippen LogP contribution in [-0.2, 0) is 6.54 Å². The Kier molecular flexibility index (Phi) is 7.70. The average molecular weight is 368 g/mol. The highest BCUT2D eigenvalue weighted by Crippen LogP contribution is 2.24. The summed E-state index contributed by atoms with van der Waals surface area (Å²) in [5.74, 6) is 0.837. The lowest BCUT2D eigenvalue weighted by Gasteiger charge is -2.32. The van der Waals surface area contributed by atoms with Crippen molar-refractivity contribution < 1.29 is 0 Å². The summed E-state index contributed by atoms with van der Waals surface area (Å²) >= 11 is 9.74. The molecule has 1 fully saturated rings. The summed E-state index contributed by atoms with van der Waals surface area (Å²) in [7, 11) is 2.04. The maximum Gasteiger partial charge on any atom is 0.0451 e. The first-order valence-corrected chi connectivity index (χ1v) is 7.67. The Morgan fingerprint density at radius 1 is 1.37 bits per heavy atom. The van der Waals surface area contributed by atoms with E-state index in [0.29, 0.717) is 0 Å². The highest BCUT2D eigenvalue weighted by molar-refractivity contribution is 9.10. The summed E-state index contributed by atoms with van der Waals surface area (Å²) in [5.41, 5.74) is 1.22. The van der Waals surface area contributed by atoms with E-state index < -0.39 is 0 Å². The molecule has 1 heterocycles. The Morgan fingerprint density at radius 2 is 2.05 bits per heavy atom. The van der Waals surface area contributed by atoms with Crippen LogP contribution in [0.5, 0.6) is 0 Å². The van der Waals surface area contributed by atoms with Gasteiger partial charge in [-0.2, -0.15) is 0 Å². The fourth-order valence-corrected chi connectivity index (χ4v) is 3.13. The average Bonchev–Trinajstić information content (AvgIpc) is 2.37. The molecule has 0 spiro atoms. The lowest BCUT2D eigenvalue weighted by molar-refractivity contribution is 0.177. The van der Waals surface area contributed by atoms with Crippen molar-refractivity contribution in [1.82, 2.24) is 10.2 Å². The first kappa shape index (κ1) is 17.3. The monoisotopic (exact) mass is 366 g/mol. The molecule has 1 saturated heterocycles. The van der Waals surface area contributed by atoms with Gasteiger partial charge in [0.2, 0.25) is 0 Å². The molecule has 0 radical (unpaired) electrons. The van der Waals surface area contributed by atoms with Crippen molar-refractivity contribution in [1.29, 1.82) is 0 Å². The zero-order chi connectivity index (χ0) is 13.0. The van der Waals surface area contributed by atoms with Crippen LogP contribution >= 0.6 is 39.9 Å². The summed E-state index contributed by atoms with van der Waals surface area (Å²) in [6.07, 6.45) is 2.57. The van der Waals surface area contributed by atoms with Crippen molar-refractivity contribution >= 4 is 39.9 Å². The van der Waals surface area contributed by atoms with Crippen molar-refractivity contribution in [2.45, 2.75) is 19.4 Å². The molecule has 5 heteroatoms. The number of hydrogen-bond acceptors (Lipinski definition) is 2. The van der Waals surface area contributed by atoms with E-state index in [1.165, 1.54) is 31.5 Å². The summed E-state index contributed by atoms with van der Waals surface area (Å²) in [4.78, 5) is 2.50. The van der Waals surface area contributed by atoms with Crippen molar-refractivity contribution in [2.75, 3.05) is 26.7 Å². The van der Waals surface area contributed by atoms with E-state index in [9.17, 15) is 0 Å². The Labute approximate surface area is 135 Å². The lowest BCUT2D eigenvalue weighted by atomic mass is 9.96. The third-order valence-corrected chi connectivity index (χ3v) is 4.46. The molecule has 1 aromatic carbocycles. The summed E-state index contributed by atoms with van der Waals surface area (Å²) in [6, 6.07) is 6.09. The SMILES string of the molecule is CNCC1CCN(Cc2cc(Br)ccc2Cl)CC1.Cl. The fourth-order valence-electron chi connectivity index (χ4n) is 2.54. The third kappa shape index (κ3) is 5.24. The molecule has 0 aromatic heterocycles. The molecule has 1 aliphatic rings. The molecule has 0 amide bonds. The Bertz CT molecular complexity index is 393. The minimum Gasteiger partial charge on any atom is -0.319 e. The van der Waals surface area contributed by atoms with Crippen LogP contribution in [-0.4, -0.2) is 31.6 Å². The van der Waals surface area contributed by atoms with Crippen molar-refractivity contribution in [2.24, 2.45) is 5.92 Å². The fraction of sp³-hybridized carbons (Fsp3) is 0.571. The number of hydrogen-bond donors (Lipinski definition) is 1. The molecule has 0 bridgehead atoms.